The zero-order valence-corrected chi connectivity index (χ0v) is 13.7. The lowest BCUT2D eigenvalue weighted by molar-refractivity contribution is 0.102. The second-order valence-corrected chi connectivity index (χ2v) is 5.52. The number of nitrogens with one attached hydrogen (secondary N) is 2. The summed E-state index contributed by atoms with van der Waals surface area (Å²) < 4.78 is 10.5. The van der Waals surface area contributed by atoms with Gasteiger partial charge in [0.1, 0.15) is 11.5 Å². The van der Waals surface area contributed by atoms with Gasteiger partial charge in [0.05, 0.1) is 12.4 Å². The number of fused-ring (bicyclic) bond motifs is 1. The fraction of sp³-hybridized carbons (Fsp3) is 0.111. The monoisotopic (exact) mass is 349 g/mol. The Labute approximate surface area is 149 Å². The smallest absolute Gasteiger partial charge is 0.275 e. The Kier molecular flexibility index (Phi) is 4.29. The van der Waals surface area contributed by atoms with Gasteiger partial charge in [0.15, 0.2) is 11.5 Å². The summed E-state index contributed by atoms with van der Waals surface area (Å²) in [6.07, 6.45) is 6.43. The third kappa shape index (κ3) is 3.54. The number of benzene rings is 1. The molecule has 1 aliphatic heterocycles. The lowest BCUT2D eigenvalue weighted by Gasteiger charge is -2.07. The molecule has 0 aliphatic carbocycles. The van der Waals surface area contributed by atoms with Gasteiger partial charge in [-0.3, -0.25) is 9.78 Å². The molecular formula is C18H15N5O3. The van der Waals surface area contributed by atoms with Gasteiger partial charge in [0.2, 0.25) is 6.79 Å². The van der Waals surface area contributed by atoms with E-state index in [4.69, 9.17) is 9.47 Å². The molecule has 2 aromatic heterocycles. The van der Waals surface area contributed by atoms with E-state index >= 15 is 0 Å². The maximum absolute atomic E-state index is 12.3. The van der Waals surface area contributed by atoms with Crippen LogP contribution in [0.5, 0.6) is 11.5 Å². The average molecular weight is 349 g/mol. The van der Waals surface area contributed by atoms with E-state index < -0.39 is 0 Å². The molecule has 1 amide bonds. The minimum Gasteiger partial charge on any atom is -0.454 e. The molecule has 26 heavy (non-hydrogen) atoms. The first-order chi connectivity index (χ1) is 12.8. The van der Waals surface area contributed by atoms with Crippen molar-refractivity contribution in [2.24, 2.45) is 0 Å². The second-order valence-electron chi connectivity index (χ2n) is 5.52. The minimum atomic E-state index is -0.352. The number of hydrogen-bond donors (Lipinski definition) is 2. The quantitative estimate of drug-likeness (QED) is 0.730. The first kappa shape index (κ1) is 15.8. The lowest BCUT2D eigenvalue weighted by atomic mass is 10.2. The lowest BCUT2D eigenvalue weighted by Crippen LogP contribution is -2.14. The van der Waals surface area contributed by atoms with Gasteiger partial charge in [-0.15, -0.1) is 0 Å². The number of anilines is 2. The molecule has 8 nitrogen and oxygen atoms in total. The topological polar surface area (TPSA) is 98.3 Å². The molecule has 0 saturated carbocycles. The van der Waals surface area contributed by atoms with Gasteiger partial charge in [0.25, 0.3) is 5.91 Å². The largest absolute Gasteiger partial charge is 0.454 e. The third-order valence-corrected chi connectivity index (χ3v) is 3.71. The number of rotatable bonds is 5. The molecule has 0 saturated heterocycles. The van der Waals surface area contributed by atoms with Crippen molar-refractivity contribution in [1.82, 2.24) is 15.0 Å². The SMILES string of the molecule is O=C(Nc1ccc2c(c1)OCO2)c1cnc(NCc2cccnc2)cn1. The zero-order chi connectivity index (χ0) is 17.8. The van der Waals surface area contributed by atoms with Gasteiger partial charge in [-0.25, -0.2) is 9.97 Å². The summed E-state index contributed by atoms with van der Waals surface area (Å²) in [6, 6.07) is 9.02. The molecule has 3 aromatic rings. The van der Waals surface area contributed by atoms with E-state index in [1.807, 2.05) is 12.1 Å². The molecule has 1 aromatic carbocycles. The molecule has 8 heteroatoms. The molecule has 0 unspecified atom stereocenters. The molecule has 2 N–H and O–H groups in total. The van der Waals surface area contributed by atoms with Crippen molar-refractivity contribution >= 4 is 17.4 Å². The van der Waals surface area contributed by atoms with E-state index in [1.54, 1.807) is 30.6 Å². The molecular weight excluding hydrogens is 334 g/mol. The Morgan fingerprint density at radius 1 is 1.08 bits per heavy atom. The predicted molar refractivity (Wildman–Crippen MR) is 94.1 cm³/mol. The normalized spacial score (nSPS) is 11.8. The highest BCUT2D eigenvalue weighted by atomic mass is 16.7. The van der Waals surface area contributed by atoms with Crippen LogP contribution < -0.4 is 20.1 Å². The Morgan fingerprint density at radius 2 is 2.00 bits per heavy atom. The van der Waals surface area contributed by atoms with E-state index in [0.29, 0.717) is 29.5 Å². The number of amides is 1. The van der Waals surface area contributed by atoms with Gasteiger partial charge in [-0.2, -0.15) is 0 Å². The fourth-order valence-electron chi connectivity index (χ4n) is 2.40. The first-order valence-corrected chi connectivity index (χ1v) is 7.94. The van der Waals surface area contributed by atoms with Crippen molar-refractivity contribution in [2.45, 2.75) is 6.54 Å². The van der Waals surface area contributed by atoms with Crippen molar-refractivity contribution in [3.8, 4) is 11.5 Å². The van der Waals surface area contributed by atoms with Crippen molar-refractivity contribution in [1.29, 1.82) is 0 Å². The Bertz CT molecular complexity index is 916. The number of carbonyl (C=O) groups excluding carboxylic acids is 1. The van der Waals surface area contributed by atoms with Crippen LogP contribution in [0.25, 0.3) is 0 Å². The number of carbonyl (C=O) groups is 1. The Hall–Kier alpha value is -3.68. The van der Waals surface area contributed by atoms with Crippen LogP contribution in [0.15, 0.2) is 55.1 Å². The van der Waals surface area contributed by atoms with Crippen molar-refractivity contribution in [3.63, 3.8) is 0 Å². The number of hydrogen-bond acceptors (Lipinski definition) is 7. The van der Waals surface area contributed by atoms with E-state index in [2.05, 4.69) is 25.6 Å². The van der Waals surface area contributed by atoms with Crippen LogP contribution in [-0.4, -0.2) is 27.7 Å². The van der Waals surface area contributed by atoms with Gasteiger partial charge < -0.3 is 20.1 Å². The van der Waals surface area contributed by atoms with E-state index in [1.165, 1.54) is 12.4 Å². The molecule has 0 bridgehead atoms. The highest BCUT2D eigenvalue weighted by Gasteiger charge is 2.15. The molecule has 1 aliphatic rings. The molecule has 0 atom stereocenters. The van der Waals surface area contributed by atoms with E-state index in [-0.39, 0.29) is 18.4 Å². The van der Waals surface area contributed by atoms with Crippen LogP contribution in [0.4, 0.5) is 11.5 Å². The summed E-state index contributed by atoms with van der Waals surface area (Å²) >= 11 is 0. The summed E-state index contributed by atoms with van der Waals surface area (Å²) in [6.45, 7) is 0.761. The molecule has 3 heterocycles. The average Bonchev–Trinajstić information content (AvgIpc) is 3.15. The summed E-state index contributed by atoms with van der Waals surface area (Å²) in [5.74, 6) is 1.49. The van der Waals surface area contributed by atoms with Gasteiger partial charge >= 0.3 is 0 Å². The number of aromatic nitrogens is 3. The summed E-state index contributed by atoms with van der Waals surface area (Å²) in [5, 5.41) is 5.89. The number of nitrogens with zero attached hydrogens (tertiary/aromatic N) is 3. The molecule has 130 valence electrons. The molecule has 0 radical (unpaired) electrons. The highest BCUT2D eigenvalue weighted by molar-refractivity contribution is 6.02. The maximum atomic E-state index is 12.3. The minimum absolute atomic E-state index is 0.186. The number of ether oxygens (including phenoxy) is 2. The van der Waals surface area contributed by atoms with Crippen LogP contribution in [-0.2, 0) is 6.54 Å². The first-order valence-electron chi connectivity index (χ1n) is 7.94. The van der Waals surface area contributed by atoms with Crippen LogP contribution in [0.3, 0.4) is 0 Å². The van der Waals surface area contributed by atoms with Gasteiger partial charge in [-0.1, -0.05) is 6.07 Å². The summed E-state index contributed by atoms with van der Waals surface area (Å²) in [5.41, 5.74) is 1.84. The second kappa shape index (κ2) is 7.06. The highest BCUT2D eigenvalue weighted by Crippen LogP contribution is 2.34. The fourth-order valence-corrected chi connectivity index (χ4v) is 2.40. The van der Waals surface area contributed by atoms with Crippen LogP contribution in [0, 0.1) is 0 Å². The molecule has 0 fully saturated rings. The molecule has 4 rings (SSSR count). The number of pyridine rings is 1. The van der Waals surface area contributed by atoms with Crippen LogP contribution >= 0.6 is 0 Å². The summed E-state index contributed by atoms with van der Waals surface area (Å²) in [4.78, 5) is 24.7. The van der Waals surface area contributed by atoms with Crippen molar-refractivity contribution in [3.05, 3.63) is 66.4 Å². The predicted octanol–water partition coefficient (Wildman–Crippen LogP) is 2.46. The van der Waals surface area contributed by atoms with Crippen LogP contribution in [0.1, 0.15) is 16.1 Å². The third-order valence-electron chi connectivity index (χ3n) is 3.71. The van der Waals surface area contributed by atoms with Crippen molar-refractivity contribution in [2.75, 3.05) is 17.4 Å². The van der Waals surface area contributed by atoms with Crippen LogP contribution in [0.2, 0.25) is 0 Å². The van der Waals surface area contributed by atoms with Gasteiger partial charge in [0, 0.05) is 30.7 Å². The maximum Gasteiger partial charge on any atom is 0.275 e. The van der Waals surface area contributed by atoms with E-state index in [0.717, 1.165) is 5.56 Å². The molecule has 0 spiro atoms. The Morgan fingerprint density at radius 3 is 2.81 bits per heavy atom. The Balaban J connectivity index is 1.37. The van der Waals surface area contributed by atoms with Gasteiger partial charge in [-0.05, 0) is 23.8 Å². The summed E-state index contributed by atoms with van der Waals surface area (Å²) in [7, 11) is 0. The standard InChI is InChI=1S/C18H15N5O3/c24-18(23-13-3-4-15-16(6-13)26-11-25-15)14-9-22-17(10-20-14)21-8-12-2-1-5-19-7-12/h1-7,9-10H,8,11H2,(H,21,22)(H,23,24). The van der Waals surface area contributed by atoms with E-state index in [9.17, 15) is 4.79 Å². The van der Waals surface area contributed by atoms with Crippen molar-refractivity contribution < 1.29 is 14.3 Å². The zero-order valence-electron chi connectivity index (χ0n) is 13.7.